The number of nitrogens with one attached hydrogen (secondary N) is 2. The van der Waals surface area contributed by atoms with Crippen LogP contribution in [0, 0.1) is 12.8 Å². The summed E-state index contributed by atoms with van der Waals surface area (Å²) < 4.78 is 4.74. The first-order valence-corrected chi connectivity index (χ1v) is 5.15. The molecule has 1 aliphatic heterocycles. The molecule has 0 aromatic carbocycles. The van der Waals surface area contributed by atoms with E-state index in [-0.39, 0.29) is 5.63 Å². The topological polar surface area (TPSA) is 58.0 Å². The van der Waals surface area contributed by atoms with Crippen LogP contribution in [-0.4, -0.2) is 18.2 Å². The average molecular weight is 196 g/mol. The van der Waals surface area contributed by atoms with Gasteiger partial charge in [-0.15, -0.1) is 0 Å². The predicted molar refractivity (Wildman–Crippen MR) is 53.4 cm³/mol. The largest absolute Gasteiger partial charge is 0.360 e. The van der Waals surface area contributed by atoms with Gasteiger partial charge in [0, 0.05) is 0 Å². The molecule has 0 amide bonds. The van der Waals surface area contributed by atoms with Crippen LogP contribution in [0.1, 0.15) is 24.1 Å². The van der Waals surface area contributed by atoms with Crippen LogP contribution in [0.2, 0.25) is 0 Å². The molecule has 0 spiro atoms. The van der Waals surface area contributed by atoms with Crippen LogP contribution < -0.4 is 10.9 Å². The highest BCUT2D eigenvalue weighted by Crippen LogP contribution is 2.17. The van der Waals surface area contributed by atoms with Gasteiger partial charge in [0.15, 0.2) is 0 Å². The van der Waals surface area contributed by atoms with Crippen molar-refractivity contribution in [3.8, 4) is 0 Å². The Hall–Kier alpha value is -1.03. The highest BCUT2D eigenvalue weighted by Gasteiger charge is 2.16. The molecule has 1 aliphatic rings. The van der Waals surface area contributed by atoms with Gasteiger partial charge < -0.3 is 9.84 Å². The molecule has 1 aromatic rings. The molecule has 2 heterocycles. The van der Waals surface area contributed by atoms with E-state index < -0.39 is 0 Å². The van der Waals surface area contributed by atoms with E-state index in [1.165, 1.54) is 12.8 Å². The van der Waals surface area contributed by atoms with E-state index in [2.05, 4.69) is 10.5 Å². The Morgan fingerprint density at radius 2 is 2.14 bits per heavy atom. The van der Waals surface area contributed by atoms with E-state index >= 15 is 0 Å². The number of hydrogen-bond acceptors (Lipinski definition) is 3. The summed E-state index contributed by atoms with van der Waals surface area (Å²) in [4.78, 5) is 11.1. The highest BCUT2D eigenvalue weighted by molar-refractivity contribution is 5.13. The van der Waals surface area contributed by atoms with Crippen molar-refractivity contribution in [2.24, 2.45) is 5.92 Å². The zero-order valence-electron chi connectivity index (χ0n) is 8.43. The summed E-state index contributed by atoms with van der Waals surface area (Å²) in [5.41, 5.74) is 1.49. The molecule has 1 saturated heterocycles. The second-order valence-corrected chi connectivity index (χ2v) is 3.99. The minimum absolute atomic E-state index is 0.228. The lowest BCUT2D eigenvalue weighted by atomic mass is 9.92. The number of piperidine rings is 1. The summed E-state index contributed by atoms with van der Waals surface area (Å²) >= 11 is 0. The Morgan fingerprint density at radius 3 is 2.71 bits per heavy atom. The summed E-state index contributed by atoms with van der Waals surface area (Å²) in [6.45, 7) is 4.00. The first-order valence-electron chi connectivity index (χ1n) is 5.15. The summed E-state index contributed by atoms with van der Waals surface area (Å²) in [6.07, 6.45) is 3.32. The fourth-order valence-corrected chi connectivity index (χ4v) is 1.95. The van der Waals surface area contributed by atoms with Crippen LogP contribution in [0.3, 0.4) is 0 Å². The summed E-state index contributed by atoms with van der Waals surface area (Å²) in [7, 11) is 0. The van der Waals surface area contributed by atoms with Gasteiger partial charge >= 0.3 is 5.63 Å². The minimum atomic E-state index is -0.228. The maximum absolute atomic E-state index is 11.1. The number of rotatable bonds is 2. The van der Waals surface area contributed by atoms with Crippen molar-refractivity contribution in [3.05, 3.63) is 21.7 Å². The van der Waals surface area contributed by atoms with Crippen LogP contribution in [0.15, 0.2) is 9.32 Å². The number of aromatic amines is 1. The first kappa shape index (κ1) is 9.52. The predicted octanol–water partition coefficient (Wildman–Crippen LogP) is 0.818. The molecule has 1 fully saturated rings. The molecule has 2 rings (SSSR count). The van der Waals surface area contributed by atoms with E-state index in [0.717, 1.165) is 30.8 Å². The zero-order chi connectivity index (χ0) is 9.97. The molecule has 0 aliphatic carbocycles. The van der Waals surface area contributed by atoms with Gasteiger partial charge in [-0.3, -0.25) is 0 Å². The molecule has 0 saturated carbocycles. The molecule has 0 unspecified atom stereocenters. The molecule has 0 atom stereocenters. The van der Waals surface area contributed by atoms with Crippen molar-refractivity contribution < 1.29 is 4.52 Å². The van der Waals surface area contributed by atoms with E-state index in [9.17, 15) is 4.79 Å². The quantitative estimate of drug-likeness (QED) is 0.736. The third kappa shape index (κ3) is 1.90. The number of aromatic nitrogens is 1. The highest BCUT2D eigenvalue weighted by atomic mass is 16.5. The summed E-state index contributed by atoms with van der Waals surface area (Å²) in [5.74, 6) is 0.684. The molecule has 4 heteroatoms. The molecule has 1 aromatic heterocycles. The Bertz CT molecular complexity index is 347. The van der Waals surface area contributed by atoms with Crippen LogP contribution in [0.25, 0.3) is 0 Å². The summed E-state index contributed by atoms with van der Waals surface area (Å²) in [5, 5.41) is 6.04. The van der Waals surface area contributed by atoms with Gasteiger partial charge in [0.05, 0.1) is 11.3 Å². The van der Waals surface area contributed by atoms with Crippen LogP contribution >= 0.6 is 0 Å². The van der Waals surface area contributed by atoms with E-state index in [4.69, 9.17) is 4.52 Å². The molecular weight excluding hydrogens is 180 g/mol. The lowest BCUT2D eigenvalue weighted by Gasteiger charge is -2.21. The molecule has 78 valence electrons. The molecular formula is C10H16N2O2. The first-order chi connectivity index (χ1) is 6.77. The van der Waals surface area contributed by atoms with Gasteiger partial charge in [-0.1, -0.05) is 0 Å². The maximum Gasteiger partial charge on any atom is 0.360 e. The van der Waals surface area contributed by atoms with Crippen LogP contribution in [0.5, 0.6) is 0 Å². The number of H-pyrrole nitrogens is 1. The Labute approximate surface area is 82.7 Å². The van der Waals surface area contributed by atoms with Gasteiger partial charge in [0.25, 0.3) is 0 Å². The fraction of sp³-hybridized carbons (Fsp3) is 0.700. The van der Waals surface area contributed by atoms with Crippen molar-refractivity contribution in [2.75, 3.05) is 13.1 Å². The van der Waals surface area contributed by atoms with Gasteiger partial charge in [-0.05, 0) is 45.2 Å². The average Bonchev–Trinajstić information content (AvgIpc) is 2.52. The molecule has 0 radical (unpaired) electrons. The van der Waals surface area contributed by atoms with E-state index in [0.29, 0.717) is 5.92 Å². The lowest BCUT2D eigenvalue weighted by molar-refractivity contribution is 0.349. The monoisotopic (exact) mass is 196 g/mol. The Morgan fingerprint density at radius 1 is 1.43 bits per heavy atom. The molecule has 0 bridgehead atoms. The number of hydrogen-bond donors (Lipinski definition) is 2. The van der Waals surface area contributed by atoms with E-state index in [1.807, 2.05) is 6.92 Å². The SMILES string of the molecule is Cc1c(CC2CCNCC2)[nH]oc1=O. The van der Waals surface area contributed by atoms with Crippen molar-refractivity contribution in [2.45, 2.75) is 26.2 Å². The third-order valence-corrected chi connectivity index (χ3v) is 2.98. The molecule has 14 heavy (non-hydrogen) atoms. The van der Waals surface area contributed by atoms with Gasteiger partial charge in [0.1, 0.15) is 0 Å². The van der Waals surface area contributed by atoms with Gasteiger partial charge in [-0.2, -0.15) is 0 Å². The van der Waals surface area contributed by atoms with Crippen molar-refractivity contribution in [1.29, 1.82) is 0 Å². The van der Waals surface area contributed by atoms with Crippen LogP contribution in [-0.2, 0) is 6.42 Å². The van der Waals surface area contributed by atoms with Gasteiger partial charge in [-0.25, -0.2) is 9.95 Å². The second-order valence-electron chi connectivity index (χ2n) is 3.99. The smallest absolute Gasteiger partial charge is 0.339 e. The fourth-order valence-electron chi connectivity index (χ4n) is 1.95. The molecule has 4 nitrogen and oxygen atoms in total. The third-order valence-electron chi connectivity index (χ3n) is 2.98. The van der Waals surface area contributed by atoms with Crippen molar-refractivity contribution in [1.82, 2.24) is 10.5 Å². The summed E-state index contributed by atoms with van der Waals surface area (Å²) in [6, 6.07) is 0. The Balaban J connectivity index is 2.02. The van der Waals surface area contributed by atoms with Crippen LogP contribution in [0.4, 0.5) is 0 Å². The standard InChI is InChI=1S/C10H16N2O2/c1-7-9(12-14-10(7)13)6-8-2-4-11-5-3-8/h8,11-12H,2-6H2,1H3. The maximum atomic E-state index is 11.1. The minimum Gasteiger partial charge on any atom is -0.339 e. The van der Waals surface area contributed by atoms with Crippen molar-refractivity contribution >= 4 is 0 Å². The lowest BCUT2D eigenvalue weighted by Crippen LogP contribution is -2.28. The molecule has 2 N–H and O–H groups in total. The normalized spacial score (nSPS) is 18.6. The van der Waals surface area contributed by atoms with Crippen molar-refractivity contribution in [3.63, 3.8) is 0 Å². The Kier molecular flexibility index (Phi) is 2.72. The van der Waals surface area contributed by atoms with Gasteiger partial charge in [0.2, 0.25) is 0 Å². The zero-order valence-corrected chi connectivity index (χ0v) is 8.43. The van der Waals surface area contributed by atoms with E-state index in [1.54, 1.807) is 0 Å². The second kappa shape index (κ2) is 4.00.